The molecule has 1 nitrogen and oxygen atoms in total. The van der Waals surface area contributed by atoms with Gasteiger partial charge in [-0.2, -0.15) is 0 Å². The summed E-state index contributed by atoms with van der Waals surface area (Å²) in [4.78, 5) is 0. The van der Waals surface area contributed by atoms with Crippen molar-refractivity contribution in [2.45, 2.75) is 38.2 Å². The summed E-state index contributed by atoms with van der Waals surface area (Å²) in [6, 6.07) is 0. The fraction of sp³-hybridized carbons (Fsp3) is 1.00. The number of aliphatic hydroxyl groups excluding tert-OH is 1. The first-order valence-corrected chi connectivity index (χ1v) is 5.01. The van der Waals surface area contributed by atoms with E-state index in [-0.39, 0.29) is 37.1 Å². The fourth-order valence-corrected chi connectivity index (χ4v) is 3.90. The molecule has 4 aliphatic carbocycles. The molecule has 12 heavy (non-hydrogen) atoms. The van der Waals surface area contributed by atoms with Gasteiger partial charge in [0.15, 0.2) is 0 Å². The Morgan fingerprint density at radius 3 is 1.67 bits per heavy atom. The van der Waals surface area contributed by atoms with Crippen LogP contribution in [0.25, 0.3) is 0 Å². The van der Waals surface area contributed by atoms with Crippen LogP contribution in [0.4, 0.5) is 0 Å². The number of hydrogen-bond acceptors (Lipinski definition) is 1. The van der Waals surface area contributed by atoms with Crippen molar-refractivity contribution in [2.24, 2.45) is 23.7 Å². The molecule has 4 aliphatic rings. The van der Waals surface area contributed by atoms with E-state index in [1.54, 1.807) is 0 Å². The minimum Gasteiger partial charge on any atom is -1.00 e. The average Bonchev–Trinajstić information content (AvgIpc) is 1.98. The SMILES string of the molecule is OC1C2CC3CC(C2)CC1C3.[H-].[Na+]. The van der Waals surface area contributed by atoms with Crippen molar-refractivity contribution in [3.63, 3.8) is 0 Å². The van der Waals surface area contributed by atoms with Crippen molar-refractivity contribution in [1.82, 2.24) is 0 Å². The molecular weight excluding hydrogens is 159 g/mol. The standard InChI is InChI=1S/C10H16O.Na.H/c11-10-8-2-6-1-7(4-8)5-9(10)3-6;;/h6-11H,1-5H2;;/q;+1;-1. The topological polar surface area (TPSA) is 20.2 Å². The zero-order valence-corrected chi connectivity index (χ0v) is 9.87. The summed E-state index contributed by atoms with van der Waals surface area (Å²) in [5, 5.41) is 9.83. The van der Waals surface area contributed by atoms with Gasteiger partial charge < -0.3 is 6.53 Å². The maximum atomic E-state index is 9.83. The van der Waals surface area contributed by atoms with Gasteiger partial charge in [-0.05, 0) is 55.8 Å². The molecule has 0 saturated heterocycles. The third-order valence-corrected chi connectivity index (χ3v) is 4.18. The molecule has 1 N–H and O–H groups in total. The molecule has 0 amide bonds. The first-order valence-electron chi connectivity index (χ1n) is 5.01. The van der Waals surface area contributed by atoms with Gasteiger partial charge in [0.05, 0.1) is 6.10 Å². The van der Waals surface area contributed by atoms with Crippen molar-refractivity contribution in [2.75, 3.05) is 0 Å². The van der Waals surface area contributed by atoms with Crippen LogP contribution in [0.2, 0.25) is 0 Å². The molecule has 4 bridgehead atoms. The summed E-state index contributed by atoms with van der Waals surface area (Å²) in [5.74, 6) is 3.40. The fourth-order valence-electron chi connectivity index (χ4n) is 3.90. The second kappa shape index (κ2) is 3.27. The van der Waals surface area contributed by atoms with Gasteiger partial charge in [-0.3, -0.25) is 0 Å². The normalized spacial score (nSPS) is 55.2. The van der Waals surface area contributed by atoms with Crippen LogP contribution in [0, 0.1) is 23.7 Å². The van der Waals surface area contributed by atoms with E-state index >= 15 is 0 Å². The molecule has 0 unspecified atom stereocenters. The number of hydrogen-bond donors (Lipinski definition) is 1. The Labute approximate surface area is 97.7 Å². The number of rotatable bonds is 0. The van der Waals surface area contributed by atoms with Gasteiger partial charge in [-0.25, -0.2) is 0 Å². The molecule has 0 atom stereocenters. The van der Waals surface area contributed by atoms with Gasteiger partial charge in [0, 0.05) is 0 Å². The van der Waals surface area contributed by atoms with Crippen LogP contribution >= 0.6 is 0 Å². The molecule has 0 aromatic heterocycles. The van der Waals surface area contributed by atoms with Crippen molar-refractivity contribution in [3.05, 3.63) is 0 Å². The van der Waals surface area contributed by atoms with E-state index in [0.29, 0.717) is 11.8 Å². The quantitative estimate of drug-likeness (QED) is 0.466. The van der Waals surface area contributed by atoms with E-state index in [1.807, 2.05) is 0 Å². The van der Waals surface area contributed by atoms with Crippen LogP contribution in [-0.2, 0) is 0 Å². The predicted octanol–water partition coefficient (Wildman–Crippen LogP) is -1.08. The molecule has 0 spiro atoms. The van der Waals surface area contributed by atoms with Gasteiger partial charge in [0.2, 0.25) is 0 Å². The van der Waals surface area contributed by atoms with Gasteiger partial charge in [-0.1, -0.05) is 0 Å². The molecule has 0 aliphatic heterocycles. The van der Waals surface area contributed by atoms with Crippen LogP contribution in [0.3, 0.4) is 0 Å². The first kappa shape index (κ1) is 9.51. The summed E-state index contributed by atoms with van der Waals surface area (Å²) in [5.41, 5.74) is 0. The van der Waals surface area contributed by atoms with Crippen LogP contribution in [0.5, 0.6) is 0 Å². The molecule has 4 saturated carbocycles. The second-order valence-corrected chi connectivity index (χ2v) is 4.92. The van der Waals surface area contributed by atoms with E-state index in [1.165, 1.54) is 32.1 Å². The Hall–Kier alpha value is 0.960. The average molecular weight is 176 g/mol. The van der Waals surface area contributed by atoms with Crippen molar-refractivity contribution < 1.29 is 36.1 Å². The molecule has 0 aromatic carbocycles. The number of aliphatic hydroxyl groups is 1. The Balaban J connectivity index is 0.000000422. The van der Waals surface area contributed by atoms with E-state index in [0.717, 1.165) is 11.8 Å². The summed E-state index contributed by atoms with van der Waals surface area (Å²) in [7, 11) is 0. The van der Waals surface area contributed by atoms with E-state index in [2.05, 4.69) is 0 Å². The van der Waals surface area contributed by atoms with Gasteiger partial charge in [0.25, 0.3) is 0 Å². The summed E-state index contributed by atoms with van der Waals surface area (Å²) in [6.45, 7) is 0. The third kappa shape index (κ3) is 1.30. The largest absolute Gasteiger partial charge is 1.00 e. The smallest absolute Gasteiger partial charge is 1.00 e. The van der Waals surface area contributed by atoms with Crippen molar-refractivity contribution >= 4 is 0 Å². The van der Waals surface area contributed by atoms with Crippen LogP contribution < -0.4 is 29.6 Å². The zero-order chi connectivity index (χ0) is 7.42. The molecule has 0 heterocycles. The molecule has 0 aromatic rings. The van der Waals surface area contributed by atoms with Crippen molar-refractivity contribution in [1.29, 1.82) is 0 Å². The van der Waals surface area contributed by atoms with Crippen LogP contribution in [0.1, 0.15) is 33.5 Å². The second-order valence-electron chi connectivity index (χ2n) is 4.92. The Kier molecular flexibility index (Phi) is 2.59. The molecule has 4 fully saturated rings. The van der Waals surface area contributed by atoms with Gasteiger partial charge in [0.1, 0.15) is 0 Å². The first-order chi connectivity index (χ1) is 5.33. The summed E-state index contributed by atoms with van der Waals surface area (Å²) < 4.78 is 0. The van der Waals surface area contributed by atoms with E-state index in [4.69, 9.17) is 0 Å². The van der Waals surface area contributed by atoms with Crippen molar-refractivity contribution in [3.8, 4) is 0 Å². The Morgan fingerprint density at radius 2 is 1.25 bits per heavy atom. The molecule has 0 radical (unpaired) electrons. The predicted molar refractivity (Wildman–Crippen MR) is 44.2 cm³/mol. The molecule has 2 heteroatoms. The summed E-state index contributed by atoms with van der Waals surface area (Å²) in [6.07, 6.45) is 6.94. The molecule has 4 rings (SSSR count). The Bertz CT molecular complexity index is 158. The van der Waals surface area contributed by atoms with Gasteiger partial charge in [-0.15, -0.1) is 0 Å². The van der Waals surface area contributed by atoms with E-state index < -0.39 is 0 Å². The maximum Gasteiger partial charge on any atom is 1.00 e. The minimum absolute atomic E-state index is 0. The molecular formula is C10H17NaO. The zero-order valence-electron chi connectivity index (χ0n) is 8.87. The minimum atomic E-state index is 0. The van der Waals surface area contributed by atoms with Gasteiger partial charge >= 0.3 is 29.6 Å². The molecule has 64 valence electrons. The third-order valence-electron chi connectivity index (χ3n) is 4.18. The monoisotopic (exact) mass is 176 g/mol. The van der Waals surface area contributed by atoms with Crippen LogP contribution in [-0.4, -0.2) is 11.2 Å². The maximum absolute atomic E-state index is 9.83. The summed E-state index contributed by atoms with van der Waals surface area (Å²) >= 11 is 0. The van der Waals surface area contributed by atoms with Crippen LogP contribution in [0.15, 0.2) is 0 Å². The van der Waals surface area contributed by atoms with E-state index in [9.17, 15) is 5.11 Å². The Morgan fingerprint density at radius 1 is 0.833 bits per heavy atom.